The number of hydrogen-bond acceptors (Lipinski definition) is 5. The molecular weight excluding hydrogens is 248 g/mol. The van der Waals surface area contributed by atoms with Crippen LogP contribution in [0.1, 0.15) is 17.3 Å². The van der Waals surface area contributed by atoms with Gasteiger partial charge in [-0.15, -0.1) is 0 Å². The van der Waals surface area contributed by atoms with E-state index < -0.39 is 5.97 Å². The summed E-state index contributed by atoms with van der Waals surface area (Å²) in [4.78, 5) is 11.8. The summed E-state index contributed by atoms with van der Waals surface area (Å²) in [5.74, 6) is 0.0932. The molecule has 0 atom stereocenters. The Hall–Kier alpha value is -1.59. The Labute approximate surface area is 113 Å². The SMILES string of the molecule is CCOCCOCCOC(=O)c1ccccc1OC. The molecular formula is C14H20O5. The molecule has 0 radical (unpaired) electrons. The molecule has 0 N–H and O–H groups in total. The maximum Gasteiger partial charge on any atom is 0.342 e. The van der Waals surface area contributed by atoms with Gasteiger partial charge in [0, 0.05) is 6.61 Å². The van der Waals surface area contributed by atoms with E-state index in [-0.39, 0.29) is 6.61 Å². The predicted molar refractivity (Wildman–Crippen MR) is 70.6 cm³/mol. The molecule has 0 amide bonds. The third-order valence-corrected chi connectivity index (χ3v) is 2.36. The fraction of sp³-hybridized carbons (Fsp3) is 0.500. The lowest BCUT2D eigenvalue weighted by Gasteiger charge is -2.08. The normalized spacial score (nSPS) is 10.2. The van der Waals surface area contributed by atoms with E-state index in [0.29, 0.717) is 37.7 Å². The van der Waals surface area contributed by atoms with Crippen LogP contribution in [0.2, 0.25) is 0 Å². The molecule has 0 aliphatic rings. The summed E-state index contributed by atoms with van der Waals surface area (Å²) in [5, 5.41) is 0. The molecule has 0 saturated carbocycles. The quantitative estimate of drug-likeness (QED) is 0.506. The van der Waals surface area contributed by atoms with Gasteiger partial charge in [0.2, 0.25) is 0 Å². The number of carbonyl (C=O) groups excluding carboxylic acids is 1. The lowest BCUT2D eigenvalue weighted by molar-refractivity contribution is 0.0162. The first-order valence-corrected chi connectivity index (χ1v) is 6.25. The van der Waals surface area contributed by atoms with Crippen LogP contribution in [0.15, 0.2) is 24.3 Å². The molecule has 1 rings (SSSR count). The highest BCUT2D eigenvalue weighted by molar-refractivity contribution is 5.92. The summed E-state index contributed by atoms with van der Waals surface area (Å²) in [5.41, 5.74) is 0.416. The molecule has 0 fully saturated rings. The summed E-state index contributed by atoms with van der Waals surface area (Å²) in [6.45, 7) is 4.22. The second-order valence-corrected chi connectivity index (χ2v) is 3.65. The topological polar surface area (TPSA) is 54.0 Å². The maximum atomic E-state index is 11.8. The van der Waals surface area contributed by atoms with E-state index in [1.807, 2.05) is 6.92 Å². The minimum Gasteiger partial charge on any atom is -0.496 e. The number of rotatable bonds is 9. The Morgan fingerprint density at radius 3 is 2.47 bits per heavy atom. The van der Waals surface area contributed by atoms with Crippen molar-refractivity contribution in [3.63, 3.8) is 0 Å². The van der Waals surface area contributed by atoms with Crippen molar-refractivity contribution in [1.29, 1.82) is 0 Å². The Bertz CT molecular complexity index is 378. The average Bonchev–Trinajstić information content (AvgIpc) is 2.46. The van der Waals surface area contributed by atoms with Gasteiger partial charge in [0.15, 0.2) is 0 Å². The third kappa shape index (κ3) is 5.72. The van der Waals surface area contributed by atoms with Gasteiger partial charge in [-0.1, -0.05) is 12.1 Å². The van der Waals surface area contributed by atoms with Gasteiger partial charge in [-0.25, -0.2) is 4.79 Å². The molecule has 5 heteroatoms. The van der Waals surface area contributed by atoms with Crippen molar-refractivity contribution in [2.75, 3.05) is 40.1 Å². The highest BCUT2D eigenvalue weighted by Gasteiger charge is 2.12. The van der Waals surface area contributed by atoms with Crippen molar-refractivity contribution < 1.29 is 23.7 Å². The van der Waals surface area contributed by atoms with Crippen LogP contribution in [0, 0.1) is 0 Å². The first kappa shape index (κ1) is 15.5. The Kier molecular flexibility index (Phi) is 7.62. The zero-order chi connectivity index (χ0) is 13.9. The molecule has 0 heterocycles. The summed E-state index contributed by atoms with van der Waals surface area (Å²) < 4.78 is 20.5. The highest BCUT2D eigenvalue weighted by atomic mass is 16.6. The molecule has 5 nitrogen and oxygen atoms in total. The summed E-state index contributed by atoms with van der Waals surface area (Å²) in [6, 6.07) is 6.94. The van der Waals surface area contributed by atoms with Crippen molar-refractivity contribution in [2.45, 2.75) is 6.92 Å². The lowest BCUT2D eigenvalue weighted by Crippen LogP contribution is -2.13. The Morgan fingerprint density at radius 2 is 1.74 bits per heavy atom. The number of methoxy groups -OCH3 is 1. The van der Waals surface area contributed by atoms with E-state index in [1.54, 1.807) is 24.3 Å². The molecule has 0 aliphatic heterocycles. The number of carbonyl (C=O) groups is 1. The Balaban J connectivity index is 2.24. The standard InChI is InChI=1S/C14H20O5/c1-3-17-8-9-18-10-11-19-14(15)12-6-4-5-7-13(12)16-2/h4-7H,3,8-11H2,1-2H3. The van der Waals surface area contributed by atoms with Gasteiger partial charge in [0.1, 0.15) is 17.9 Å². The second-order valence-electron chi connectivity index (χ2n) is 3.65. The highest BCUT2D eigenvalue weighted by Crippen LogP contribution is 2.17. The molecule has 1 aromatic carbocycles. The van der Waals surface area contributed by atoms with Gasteiger partial charge in [0.25, 0.3) is 0 Å². The summed E-state index contributed by atoms with van der Waals surface area (Å²) in [6.07, 6.45) is 0. The molecule has 0 unspecified atom stereocenters. The van der Waals surface area contributed by atoms with Crippen LogP contribution in [0.4, 0.5) is 0 Å². The van der Waals surface area contributed by atoms with Crippen LogP contribution >= 0.6 is 0 Å². The lowest BCUT2D eigenvalue weighted by atomic mass is 10.2. The molecule has 106 valence electrons. The average molecular weight is 268 g/mol. The second kappa shape index (κ2) is 9.35. The number of para-hydroxylation sites is 1. The molecule has 1 aromatic rings. The van der Waals surface area contributed by atoms with Gasteiger partial charge in [-0.2, -0.15) is 0 Å². The molecule has 0 aromatic heterocycles. The first-order valence-electron chi connectivity index (χ1n) is 6.25. The minimum atomic E-state index is -0.411. The largest absolute Gasteiger partial charge is 0.496 e. The van der Waals surface area contributed by atoms with E-state index in [1.165, 1.54) is 7.11 Å². The van der Waals surface area contributed by atoms with Crippen molar-refractivity contribution in [3.8, 4) is 5.75 Å². The van der Waals surface area contributed by atoms with Crippen LogP contribution in [-0.4, -0.2) is 46.1 Å². The summed E-state index contributed by atoms with van der Waals surface area (Å²) >= 11 is 0. The fourth-order valence-corrected chi connectivity index (χ4v) is 1.45. The molecule has 0 aliphatic carbocycles. The number of ether oxygens (including phenoxy) is 4. The first-order chi connectivity index (χ1) is 9.29. The van der Waals surface area contributed by atoms with Gasteiger partial charge in [-0.3, -0.25) is 0 Å². The van der Waals surface area contributed by atoms with Crippen LogP contribution in [-0.2, 0) is 14.2 Å². The van der Waals surface area contributed by atoms with Crippen molar-refractivity contribution >= 4 is 5.97 Å². The van der Waals surface area contributed by atoms with Crippen molar-refractivity contribution in [1.82, 2.24) is 0 Å². The van der Waals surface area contributed by atoms with Gasteiger partial charge < -0.3 is 18.9 Å². The molecule has 0 spiro atoms. The van der Waals surface area contributed by atoms with Crippen LogP contribution in [0.25, 0.3) is 0 Å². The third-order valence-electron chi connectivity index (χ3n) is 2.36. The number of hydrogen-bond donors (Lipinski definition) is 0. The molecule has 19 heavy (non-hydrogen) atoms. The number of esters is 1. The van der Waals surface area contributed by atoms with Gasteiger partial charge in [0.05, 0.1) is 26.9 Å². The molecule has 0 bridgehead atoms. The van der Waals surface area contributed by atoms with Crippen molar-refractivity contribution in [3.05, 3.63) is 29.8 Å². The van der Waals surface area contributed by atoms with Crippen LogP contribution < -0.4 is 4.74 Å². The van der Waals surface area contributed by atoms with E-state index in [9.17, 15) is 4.79 Å². The van der Waals surface area contributed by atoms with Crippen LogP contribution in [0.3, 0.4) is 0 Å². The van der Waals surface area contributed by atoms with E-state index in [0.717, 1.165) is 0 Å². The van der Waals surface area contributed by atoms with E-state index in [4.69, 9.17) is 18.9 Å². The zero-order valence-electron chi connectivity index (χ0n) is 11.4. The zero-order valence-corrected chi connectivity index (χ0v) is 11.4. The smallest absolute Gasteiger partial charge is 0.342 e. The van der Waals surface area contributed by atoms with Crippen molar-refractivity contribution in [2.24, 2.45) is 0 Å². The fourth-order valence-electron chi connectivity index (χ4n) is 1.45. The summed E-state index contributed by atoms with van der Waals surface area (Å²) in [7, 11) is 1.52. The predicted octanol–water partition coefficient (Wildman–Crippen LogP) is 1.91. The van der Waals surface area contributed by atoms with Gasteiger partial charge in [-0.05, 0) is 19.1 Å². The molecule has 0 saturated heterocycles. The van der Waals surface area contributed by atoms with E-state index in [2.05, 4.69) is 0 Å². The minimum absolute atomic E-state index is 0.211. The number of benzene rings is 1. The van der Waals surface area contributed by atoms with Gasteiger partial charge >= 0.3 is 5.97 Å². The van der Waals surface area contributed by atoms with E-state index >= 15 is 0 Å². The maximum absolute atomic E-state index is 11.8. The monoisotopic (exact) mass is 268 g/mol. The van der Waals surface area contributed by atoms with Crippen LogP contribution in [0.5, 0.6) is 5.75 Å². The Morgan fingerprint density at radius 1 is 1.05 bits per heavy atom.